The third-order valence-corrected chi connectivity index (χ3v) is 4.09. The van der Waals surface area contributed by atoms with Crippen LogP contribution in [0.1, 0.15) is 52.0 Å². The van der Waals surface area contributed by atoms with Crippen LogP contribution in [0.25, 0.3) is 6.08 Å². The molecule has 1 unspecified atom stereocenters. The van der Waals surface area contributed by atoms with E-state index in [2.05, 4.69) is 12.2 Å². The van der Waals surface area contributed by atoms with Gasteiger partial charge in [-0.3, -0.25) is 0 Å². The van der Waals surface area contributed by atoms with E-state index in [-0.39, 0.29) is 12.1 Å². The van der Waals surface area contributed by atoms with Gasteiger partial charge in [-0.2, -0.15) is 0 Å². The molecule has 4 heteroatoms. The summed E-state index contributed by atoms with van der Waals surface area (Å²) in [5.74, 6) is 0.857. The lowest BCUT2D eigenvalue weighted by Crippen LogP contribution is -2.45. The maximum atomic E-state index is 12.4. The highest BCUT2D eigenvalue weighted by Gasteiger charge is 2.29. The highest BCUT2D eigenvalue weighted by molar-refractivity contribution is 5.68. The smallest absolute Gasteiger partial charge is 0.410 e. The summed E-state index contributed by atoms with van der Waals surface area (Å²) < 4.78 is 10.7. The molecule has 132 valence electrons. The summed E-state index contributed by atoms with van der Waals surface area (Å²) in [5, 5.41) is 0. The second-order valence-corrected chi connectivity index (χ2v) is 7.23. The molecule has 4 nitrogen and oxygen atoms in total. The molecule has 1 heterocycles. The Balaban J connectivity index is 1.95. The van der Waals surface area contributed by atoms with Gasteiger partial charge in [-0.1, -0.05) is 24.3 Å². The first kappa shape index (κ1) is 18.4. The van der Waals surface area contributed by atoms with Crippen LogP contribution in [0.3, 0.4) is 0 Å². The molecule has 1 fully saturated rings. The monoisotopic (exact) mass is 331 g/mol. The zero-order valence-electron chi connectivity index (χ0n) is 15.2. The van der Waals surface area contributed by atoms with Gasteiger partial charge in [0.15, 0.2) is 0 Å². The first-order valence-electron chi connectivity index (χ1n) is 8.69. The van der Waals surface area contributed by atoms with Crippen molar-refractivity contribution >= 4 is 12.2 Å². The van der Waals surface area contributed by atoms with Crippen LogP contribution < -0.4 is 4.74 Å². The number of piperidine rings is 1. The molecule has 1 aromatic carbocycles. The number of rotatable bonds is 4. The van der Waals surface area contributed by atoms with Crippen molar-refractivity contribution in [3.63, 3.8) is 0 Å². The summed E-state index contributed by atoms with van der Waals surface area (Å²) in [4.78, 5) is 14.3. The summed E-state index contributed by atoms with van der Waals surface area (Å²) in [6.45, 7) is 6.52. The topological polar surface area (TPSA) is 38.8 Å². The molecular formula is C20H29NO3. The maximum absolute atomic E-state index is 12.4. The lowest BCUT2D eigenvalue weighted by atomic mass is 9.99. The second kappa shape index (κ2) is 8.22. The minimum absolute atomic E-state index is 0.190. The molecule has 1 atom stereocenters. The van der Waals surface area contributed by atoms with Crippen molar-refractivity contribution in [3.8, 4) is 5.75 Å². The van der Waals surface area contributed by atoms with Gasteiger partial charge in [-0.15, -0.1) is 0 Å². The normalized spacial score (nSPS) is 18.7. The summed E-state index contributed by atoms with van der Waals surface area (Å²) >= 11 is 0. The average molecular weight is 331 g/mol. The van der Waals surface area contributed by atoms with Crippen molar-refractivity contribution in [2.24, 2.45) is 0 Å². The van der Waals surface area contributed by atoms with Crippen molar-refractivity contribution in [3.05, 3.63) is 35.9 Å². The van der Waals surface area contributed by atoms with Crippen molar-refractivity contribution in [1.29, 1.82) is 0 Å². The Morgan fingerprint density at radius 3 is 2.58 bits per heavy atom. The summed E-state index contributed by atoms with van der Waals surface area (Å²) in [5.41, 5.74) is 0.688. The number of amides is 1. The van der Waals surface area contributed by atoms with Gasteiger partial charge < -0.3 is 14.4 Å². The fourth-order valence-electron chi connectivity index (χ4n) is 2.88. The first-order chi connectivity index (χ1) is 11.4. The van der Waals surface area contributed by atoms with Crippen LogP contribution in [-0.2, 0) is 4.74 Å². The third-order valence-electron chi connectivity index (χ3n) is 4.09. The summed E-state index contributed by atoms with van der Waals surface area (Å²) in [7, 11) is 1.67. The van der Waals surface area contributed by atoms with Gasteiger partial charge in [0.1, 0.15) is 11.4 Å². The number of hydrogen-bond acceptors (Lipinski definition) is 3. The number of carbonyl (C=O) groups is 1. The summed E-state index contributed by atoms with van der Waals surface area (Å²) in [6.07, 6.45) is 8.16. The Bertz CT molecular complexity index is 557. The standard InChI is InChI=1S/C20H29NO3/c1-20(2,3)24-19(22)21-15-6-5-9-17(21)10-7-8-16-11-13-18(23-4)14-12-16/h7-8,11-14,17H,5-6,9-10,15H2,1-4H3. The highest BCUT2D eigenvalue weighted by atomic mass is 16.6. The van der Waals surface area contributed by atoms with E-state index in [1.54, 1.807) is 7.11 Å². The number of ether oxygens (including phenoxy) is 2. The Labute approximate surface area is 145 Å². The molecule has 0 saturated carbocycles. The van der Waals surface area contributed by atoms with Crippen LogP contribution in [0.2, 0.25) is 0 Å². The molecular weight excluding hydrogens is 302 g/mol. The van der Waals surface area contributed by atoms with E-state index in [1.807, 2.05) is 49.9 Å². The molecule has 1 aliphatic rings. The third kappa shape index (κ3) is 5.59. The molecule has 0 aliphatic carbocycles. The molecule has 0 aromatic heterocycles. The fourth-order valence-corrected chi connectivity index (χ4v) is 2.88. The fraction of sp³-hybridized carbons (Fsp3) is 0.550. The van der Waals surface area contributed by atoms with Gasteiger partial charge >= 0.3 is 6.09 Å². The van der Waals surface area contributed by atoms with Crippen molar-refractivity contribution in [2.45, 2.75) is 58.1 Å². The van der Waals surface area contributed by atoms with Gasteiger partial charge in [0, 0.05) is 12.6 Å². The largest absolute Gasteiger partial charge is 0.497 e. The molecule has 1 amide bonds. The Hall–Kier alpha value is -1.97. The highest BCUT2D eigenvalue weighted by Crippen LogP contribution is 2.23. The Kier molecular flexibility index (Phi) is 6.29. The van der Waals surface area contributed by atoms with Crippen molar-refractivity contribution in [1.82, 2.24) is 4.90 Å². The van der Waals surface area contributed by atoms with Crippen LogP contribution in [0, 0.1) is 0 Å². The van der Waals surface area contributed by atoms with E-state index in [1.165, 1.54) is 6.42 Å². The number of hydrogen-bond donors (Lipinski definition) is 0. The van der Waals surface area contributed by atoms with Gasteiger partial charge in [0.2, 0.25) is 0 Å². The van der Waals surface area contributed by atoms with Crippen LogP contribution in [0.5, 0.6) is 5.75 Å². The van der Waals surface area contributed by atoms with E-state index in [9.17, 15) is 4.79 Å². The van der Waals surface area contributed by atoms with Crippen molar-refractivity contribution < 1.29 is 14.3 Å². The van der Waals surface area contributed by atoms with Gasteiger partial charge in [0.25, 0.3) is 0 Å². The minimum atomic E-state index is -0.446. The molecule has 0 spiro atoms. The lowest BCUT2D eigenvalue weighted by molar-refractivity contribution is 0.0103. The first-order valence-corrected chi connectivity index (χ1v) is 8.69. The number of nitrogens with zero attached hydrogens (tertiary/aromatic N) is 1. The van der Waals surface area contributed by atoms with E-state index in [0.717, 1.165) is 37.1 Å². The molecule has 2 rings (SSSR count). The Morgan fingerprint density at radius 2 is 1.96 bits per heavy atom. The van der Waals surface area contributed by atoms with Gasteiger partial charge in [-0.05, 0) is 64.2 Å². The number of methoxy groups -OCH3 is 1. The predicted molar refractivity (Wildman–Crippen MR) is 97.2 cm³/mol. The van der Waals surface area contributed by atoms with E-state index < -0.39 is 5.60 Å². The van der Waals surface area contributed by atoms with Crippen molar-refractivity contribution in [2.75, 3.05) is 13.7 Å². The van der Waals surface area contributed by atoms with Gasteiger partial charge in [0.05, 0.1) is 7.11 Å². The predicted octanol–water partition coefficient (Wildman–Crippen LogP) is 4.89. The summed E-state index contributed by atoms with van der Waals surface area (Å²) in [6, 6.07) is 8.19. The number of benzene rings is 1. The van der Waals surface area contributed by atoms with E-state index in [0.29, 0.717) is 0 Å². The molecule has 1 aromatic rings. The van der Waals surface area contributed by atoms with Crippen LogP contribution in [0.15, 0.2) is 30.3 Å². The van der Waals surface area contributed by atoms with Crippen LogP contribution in [0.4, 0.5) is 4.79 Å². The average Bonchev–Trinajstić information content (AvgIpc) is 2.54. The molecule has 0 bridgehead atoms. The lowest BCUT2D eigenvalue weighted by Gasteiger charge is -2.36. The number of likely N-dealkylation sites (tertiary alicyclic amines) is 1. The van der Waals surface area contributed by atoms with E-state index >= 15 is 0 Å². The molecule has 1 aliphatic heterocycles. The zero-order valence-corrected chi connectivity index (χ0v) is 15.2. The number of carbonyl (C=O) groups excluding carboxylic acids is 1. The van der Waals surface area contributed by atoms with E-state index in [4.69, 9.17) is 9.47 Å². The van der Waals surface area contributed by atoms with Crippen LogP contribution >= 0.6 is 0 Å². The molecule has 1 saturated heterocycles. The van der Waals surface area contributed by atoms with Crippen LogP contribution in [-0.4, -0.2) is 36.3 Å². The molecule has 0 N–H and O–H groups in total. The molecule has 0 radical (unpaired) electrons. The zero-order chi connectivity index (χ0) is 17.6. The SMILES string of the molecule is COc1ccc(C=CCC2CCCCN2C(=O)OC(C)(C)C)cc1. The second-order valence-electron chi connectivity index (χ2n) is 7.23. The molecule has 24 heavy (non-hydrogen) atoms. The quantitative estimate of drug-likeness (QED) is 0.788. The maximum Gasteiger partial charge on any atom is 0.410 e. The van der Waals surface area contributed by atoms with Gasteiger partial charge in [-0.25, -0.2) is 4.79 Å². The Morgan fingerprint density at radius 1 is 1.25 bits per heavy atom. The minimum Gasteiger partial charge on any atom is -0.497 e.